The van der Waals surface area contributed by atoms with Crippen molar-refractivity contribution < 1.29 is 22.4 Å². The van der Waals surface area contributed by atoms with Crippen LogP contribution in [0.1, 0.15) is 30.1 Å². The molecule has 0 heterocycles. The molecule has 0 spiro atoms. The van der Waals surface area contributed by atoms with Crippen LogP contribution in [0, 0.1) is 11.7 Å². The van der Waals surface area contributed by atoms with Crippen LogP contribution < -0.4 is 0 Å². The largest absolute Gasteiger partial charge is 0.406 e. The van der Waals surface area contributed by atoms with E-state index in [9.17, 15) is 22.4 Å². The average molecular weight is 289 g/mol. The van der Waals surface area contributed by atoms with Gasteiger partial charge < -0.3 is 4.90 Å². The van der Waals surface area contributed by atoms with Crippen molar-refractivity contribution in [2.45, 2.75) is 32.0 Å². The van der Waals surface area contributed by atoms with Crippen LogP contribution in [-0.2, 0) is 0 Å². The van der Waals surface area contributed by atoms with Gasteiger partial charge in [-0.05, 0) is 37.8 Å². The molecule has 1 saturated carbocycles. The Hall–Kier alpha value is -1.59. The molecule has 20 heavy (non-hydrogen) atoms. The van der Waals surface area contributed by atoms with Crippen LogP contribution in [0.3, 0.4) is 0 Å². The summed E-state index contributed by atoms with van der Waals surface area (Å²) >= 11 is 0. The second kappa shape index (κ2) is 5.42. The van der Waals surface area contributed by atoms with Crippen molar-refractivity contribution in [3.63, 3.8) is 0 Å². The summed E-state index contributed by atoms with van der Waals surface area (Å²) in [6.07, 6.45) is -2.88. The topological polar surface area (TPSA) is 20.3 Å². The van der Waals surface area contributed by atoms with Gasteiger partial charge in [-0.1, -0.05) is 12.1 Å². The van der Waals surface area contributed by atoms with E-state index in [0.29, 0.717) is 0 Å². The number of carbonyl (C=O) groups excluding carboxylic acids is 1. The number of nitrogens with zero attached hydrogens (tertiary/aromatic N) is 1. The number of hydrogen-bond acceptors (Lipinski definition) is 1. The third-order valence-electron chi connectivity index (χ3n) is 3.51. The molecule has 0 radical (unpaired) electrons. The summed E-state index contributed by atoms with van der Waals surface area (Å²) in [5, 5.41) is 0. The first-order valence-electron chi connectivity index (χ1n) is 6.42. The standard InChI is InChI=1S/C14H15F4NO/c1-9(10-6-7-10)19(8-14(16,17)18)13(20)11-4-2-3-5-12(11)15/h2-5,9-10H,6-8H2,1H3/t9-/m0/s1. The number of amides is 1. The third-order valence-corrected chi connectivity index (χ3v) is 3.51. The highest BCUT2D eigenvalue weighted by molar-refractivity contribution is 5.94. The molecular formula is C14H15F4NO. The van der Waals surface area contributed by atoms with Crippen molar-refractivity contribution >= 4 is 5.91 Å². The van der Waals surface area contributed by atoms with Crippen LogP contribution >= 0.6 is 0 Å². The minimum absolute atomic E-state index is 0.0769. The lowest BCUT2D eigenvalue weighted by Gasteiger charge is -2.30. The van der Waals surface area contributed by atoms with Crippen LogP contribution in [0.15, 0.2) is 24.3 Å². The fourth-order valence-electron chi connectivity index (χ4n) is 2.22. The van der Waals surface area contributed by atoms with E-state index in [1.807, 2.05) is 0 Å². The minimum Gasteiger partial charge on any atom is -0.326 e. The third kappa shape index (κ3) is 3.49. The minimum atomic E-state index is -4.50. The molecule has 2 nitrogen and oxygen atoms in total. The SMILES string of the molecule is C[C@@H](C1CC1)N(CC(F)(F)F)C(=O)c1ccccc1F. The van der Waals surface area contributed by atoms with Crippen molar-refractivity contribution in [2.24, 2.45) is 5.92 Å². The first-order valence-corrected chi connectivity index (χ1v) is 6.42. The fourth-order valence-corrected chi connectivity index (χ4v) is 2.22. The van der Waals surface area contributed by atoms with Gasteiger partial charge in [0.15, 0.2) is 0 Å². The summed E-state index contributed by atoms with van der Waals surface area (Å²) in [6.45, 7) is 0.236. The number of hydrogen-bond donors (Lipinski definition) is 0. The summed E-state index contributed by atoms with van der Waals surface area (Å²) in [5.41, 5.74) is -0.316. The van der Waals surface area contributed by atoms with Crippen molar-refractivity contribution in [3.05, 3.63) is 35.6 Å². The maximum Gasteiger partial charge on any atom is 0.406 e. The maximum atomic E-state index is 13.6. The molecule has 1 fully saturated rings. The van der Waals surface area contributed by atoms with E-state index in [-0.39, 0.29) is 11.5 Å². The van der Waals surface area contributed by atoms with Gasteiger partial charge in [0.25, 0.3) is 5.91 Å². The predicted molar refractivity (Wildman–Crippen MR) is 65.7 cm³/mol. The van der Waals surface area contributed by atoms with Gasteiger partial charge >= 0.3 is 6.18 Å². The Bertz CT molecular complexity index is 496. The number of carbonyl (C=O) groups is 1. The van der Waals surface area contributed by atoms with Gasteiger partial charge in [0.2, 0.25) is 0 Å². The van der Waals surface area contributed by atoms with E-state index in [1.54, 1.807) is 6.92 Å². The summed E-state index contributed by atoms with van der Waals surface area (Å²) < 4.78 is 51.5. The van der Waals surface area contributed by atoms with Crippen LogP contribution in [0.5, 0.6) is 0 Å². The normalized spacial score (nSPS) is 16.9. The van der Waals surface area contributed by atoms with Gasteiger partial charge in [0.05, 0.1) is 5.56 Å². The maximum absolute atomic E-state index is 13.6. The second-order valence-corrected chi connectivity index (χ2v) is 5.11. The Morgan fingerprint density at radius 3 is 2.45 bits per heavy atom. The highest BCUT2D eigenvalue weighted by atomic mass is 19.4. The van der Waals surface area contributed by atoms with Gasteiger partial charge in [0, 0.05) is 6.04 Å². The van der Waals surface area contributed by atoms with Gasteiger partial charge in [-0.15, -0.1) is 0 Å². The Morgan fingerprint density at radius 2 is 1.95 bits per heavy atom. The zero-order chi connectivity index (χ0) is 14.9. The van der Waals surface area contributed by atoms with E-state index >= 15 is 0 Å². The Labute approximate surface area is 114 Å². The van der Waals surface area contributed by atoms with Crippen LogP contribution in [0.4, 0.5) is 17.6 Å². The Balaban J connectivity index is 2.25. The number of alkyl halides is 3. The lowest BCUT2D eigenvalue weighted by molar-refractivity contribution is -0.144. The van der Waals surface area contributed by atoms with Crippen LogP contribution in [0.25, 0.3) is 0 Å². The van der Waals surface area contributed by atoms with Crippen molar-refractivity contribution in [3.8, 4) is 0 Å². The average Bonchev–Trinajstić information content (AvgIpc) is 3.18. The first-order chi connectivity index (χ1) is 9.29. The molecule has 0 bridgehead atoms. The number of rotatable bonds is 4. The van der Waals surface area contributed by atoms with E-state index in [0.717, 1.165) is 23.8 Å². The number of halogens is 4. The highest BCUT2D eigenvalue weighted by Gasteiger charge is 2.41. The molecule has 6 heteroatoms. The quantitative estimate of drug-likeness (QED) is 0.775. The molecule has 1 aromatic carbocycles. The Morgan fingerprint density at radius 1 is 1.35 bits per heavy atom. The van der Waals surface area contributed by atoms with Gasteiger partial charge in [-0.2, -0.15) is 13.2 Å². The molecule has 0 aliphatic heterocycles. The number of benzene rings is 1. The van der Waals surface area contributed by atoms with Crippen molar-refractivity contribution in [2.75, 3.05) is 6.54 Å². The molecule has 2 rings (SSSR count). The monoisotopic (exact) mass is 289 g/mol. The van der Waals surface area contributed by atoms with Gasteiger partial charge in [-0.3, -0.25) is 4.79 Å². The molecule has 1 amide bonds. The molecule has 1 aliphatic rings. The molecule has 0 unspecified atom stereocenters. The second-order valence-electron chi connectivity index (χ2n) is 5.11. The van der Waals surface area contributed by atoms with Crippen molar-refractivity contribution in [1.82, 2.24) is 4.90 Å². The molecule has 0 aromatic heterocycles. The molecule has 1 atom stereocenters. The summed E-state index contributed by atoms with van der Waals surface area (Å²) in [4.78, 5) is 12.9. The fraction of sp³-hybridized carbons (Fsp3) is 0.500. The lowest BCUT2D eigenvalue weighted by atomic mass is 10.1. The van der Waals surface area contributed by atoms with Gasteiger partial charge in [0.1, 0.15) is 12.4 Å². The smallest absolute Gasteiger partial charge is 0.326 e. The summed E-state index contributed by atoms with van der Waals surface area (Å²) in [5.74, 6) is -1.62. The summed E-state index contributed by atoms with van der Waals surface area (Å²) in [6, 6.07) is 4.57. The zero-order valence-corrected chi connectivity index (χ0v) is 11.0. The van der Waals surface area contributed by atoms with Crippen LogP contribution in [-0.4, -0.2) is 29.6 Å². The first kappa shape index (κ1) is 14.8. The zero-order valence-electron chi connectivity index (χ0n) is 11.0. The lowest BCUT2D eigenvalue weighted by Crippen LogP contribution is -2.45. The van der Waals surface area contributed by atoms with E-state index in [2.05, 4.69) is 0 Å². The predicted octanol–water partition coefficient (Wildman–Crippen LogP) is 3.63. The molecule has 0 N–H and O–H groups in total. The van der Waals surface area contributed by atoms with E-state index in [4.69, 9.17) is 0 Å². The van der Waals surface area contributed by atoms with Crippen LogP contribution in [0.2, 0.25) is 0 Å². The van der Waals surface area contributed by atoms with E-state index < -0.39 is 30.5 Å². The molecule has 1 aliphatic carbocycles. The molecule has 0 saturated heterocycles. The Kier molecular flexibility index (Phi) is 4.01. The van der Waals surface area contributed by atoms with Gasteiger partial charge in [-0.25, -0.2) is 4.39 Å². The summed E-state index contributed by atoms with van der Waals surface area (Å²) in [7, 11) is 0. The molecule has 110 valence electrons. The van der Waals surface area contributed by atoms with E-state index in [1.165, 1.54) is 18.2 Å². The van der Waals surface area contributed by atoms with Crippen molar-refractivity contribution in [1.29, 1.82) is 0 Å². The highest BCUT2D eigenvalue weighted by Crippen LogP contribution is 2.36. The molecule has 1 aromatic rings. The molecular weight excluding hydrogens is 274 g/mol.